The molecule has 0 aliphatic rings. The van der Waals surface area contributed by atoms with E-state index in [0.717, 1.165) is 5.56 Å². The van der Waals surface area contributed by atoms with E-state index in [1.165, 1.54) is 6.21 Å². The van der Waals surface area contributed by atoms with Gasteiger partial charge in [0.1, 0.15) is 0 Å². The molecular weight excluding hydrogens is 282 g/mol. The molecule has 0 amide bonds. The highest BCUT2D eigenvalue weighted by Gasteiger charge is 2.10. The van der Waals surface area contributed by atoms with Crippen LogP contribution in [0.25, 0.3) is 0 Å². The lowest BCUT2D eigenvalue weighted by molar-refractivity contribution is 0.598. The normalized spacial score (nSPS) is 11.9. The number of nitrogens with zero attached hydrogens (tertiary/aromatic N) is 1. The van der Waals surface area contributed by atoms with Crippen LogP contribution in [-0.4, -0.2) is 14.6 Å². The van der Waals surface area contributed by atoms with E-state index in [9.17, 15) is 8.42 Å². The van der Waals surface area contributed by atoms with Gasteiger partial charge in [-0.2, -0.15) is 12.8 Å². The predicted molar refractivity (Wildman–Crippen MR) is 77.4 cm³/mol. The van der Waals surface area contributed by atoms with Gasteiger partial charge < -0.3 is 0 Å². The average Bonchev–Trinajstić information content (AvgIpc) is 2.39. The summed E-state index contributed by atoms with van der Waals surface area (Å²) in [6.45, 7) is 1.90. The highest BCUT2D eigenvalue weighted by Crippen LogP contribution is 2.14. The molecule has 0 heterocycles. The zero-order chi connectivity index (χ0) is 13.9. The van der Waals surface area contributed by atoms with Gasteiger partial charge in [0.2, 0.25) is 0 Å². The minimum Gasteiger partial charge on any atom is -0.199 e. The van der Waals surface area contributed by atoms with Crippen LogP contribution in [0.4, 0.5) is 0 Å². The Morgan fingerprint density at radius 2 is 1.58 bits per heavy atom. The number of halogens is 1. The Morgan fingerprint density at radius 1 is 1.00 bits per heavy atom. The quantitative estimate of drug-likeness (QED) is 0.814. The Bertz CT molecular complexity index is 689. The zero-order valence-electron chi connectivity index (χ0n) is 10.2. The van der Waals surface area contributed by atoms with Crippen LogP contribution in [-0.2, 0) is 10.0 Å². The van der Waals surface area contributed by atoms with Crippen LogP contribution in [0.5, 0.6) is 0 Å². The molecule has 0 saturated carbocycles. The third-order valence-corrected chi connectivity index (χ3v) is 4.03. The molecule has 98 valence electrons. The number of rotatable bonds is 3. The van der Waals surface area contributed by atoms with E-state index in [2.05, 4.69) is 4.40 Å². The molecular formula is C14H12ClNO2S. The van der Waals surface area contributed by atoms with E-state index in [1.807, 2.05) is 6.92 Å². The molecule has 2 rings (SSSR count). The third-order valence-electron chi connectivity index (χ3n) is 2.53. The summed E-state index contributed by atoms with van der Waals surface area (Å²) in [5.74, 6) is 0. The van der Waals surface area contributed by atoms with E-state index in [1.54, 1.807) is 48.5 Å². The van der Waals surface area contributed by atoms with Gasteiger partial charge in [-0.05, 0) is 36.8 Å². The molecule has 2 aromatic rings. The summed E-state index contributed by atoms with van der Waals surface area (Å²) < 4.78 is 27.6. The fourth-order valence-corrected chi connectivity index (χ4v) is 2.44. The molecule has 0 N–H and O–H groups in total. The van der Waals surface area contributed by atoms with Gasteiger partial charge in [0, 0.05) is 11.2 Å². The van der Waals surface area contributed by atoms with Crippen molar-refractivity contribution in [2.24, 2.45) is 4.40 Å². The Balaban J connectivity index is 2.26. The Kier molecular flexibility index (Phi) is 4.02. The maximum absolute atomic E-state index is 12.0. The summed E-state index contributed by atoms with van der Waals surface area (Å²) in [5, 5.41) is 0.596. The van der Waals surface area contributed by atoms with E-state index in [-0.39, 0.29) is 4.90 Å². The molecule has 0 aliphatic carbocycles. The lowest BCUT2D eigenvalue weighted by Crippen LogP contribution is -1.97. The van der Waals surface area contributed by atoms with Crippen LogP contribution < -0.4 is 0 Å². The lowest BCUT2D eigenvalue weighted by Gasteiger charge is -1.99. The molecule has 0 unspecified atom stereocenters. The Morgan fingerprint density at radius 3 is 2.16 bits per heavy atom. The highest BCUT2D eigenvalue weighted by molar-refractivity contribution is 7.90. The fourth-order valence-electron chi connectivity index (χ4n) is 1.45. The van der Waals surface area contributed by atoms with Crippen molar-refractivity contribution in [1.29, 1.82) is 0 Å². The third kappa shape index (κ3) is 3.66. The van der Waals surface area contributed by atoms with Crippen molar-refractivity contribution in [2.75, 3.05) is 0 Å². The van der Waals surface area contributed by atoms with Crippen molar-refractivity contribution in [3.8, 4) is 0 Å². The standard InChI is InChI=1S/C14H12ClNO2S/c1-11-2-8-14(9-3-11)19(17,18)16-10-12-4-6-13(15)7-5-12/h2-10H,1H3/b16-10+. The van der Waals surface area contributed by atoms with Gasteiger partial charge in [0.05, 0.1) is 4.90 Å². The number of benzene rings is 2. The fraction of sp³-hybridized carbons (Fsp3) is 0.0714. The molecule has 19 heavy (non-hydrogen) atoms. The summed E-state index contributed by atoms with van der Waals surface area (Å²) in [6.07, 6.45) is 1.31. The Labute approximate surface area is 117 Å². The first-order valence-electron chi connectivity index (χ1n) is 5.60. The largest absolute Gasteiger partial charge is 0.282 e. The molecule has 0 aromatic heterocycles. The smallest absolute Gasteiger partial charge is 0.199 e. The summed E-state index contributed by atoms with van der Waals surface area (Å²) in [5.41, 5.74) is 1.68. The molecule has 0 aliphatic heterocycles. The number of hydrogen-bond acceptors (Lipinski definition) is 2. The Hall–Kier alpha value is -1.65. The van der Waals surface area contributed by atoms with Crippen molar-refractivity contribution in [3.05, 3.63) is 64.7 Å². The summed E-state index contributed by atoms with van der Waals surface area (Å²) >= 11 is 5.75. The number of sulfonamides is 1. The van der Waals surface area contributed by atoms with Gasteiger partial charge >= 0.3 is 0 Å². The number of hydrogen-bond donors (Lipinski definition) is 0. The molecule has 5 heteroatoms. The first kappa shape index (κ1) is 13.8. The van der Waals surface area contributed by atoms with Crippen LogP contribution in [0.15, 0.2) is 57.8 Å². The number of aryl methyl sites for hydroxylation is 1. The zero-order valence-corrected chi connectivity index (χ0v) is 11.8. The van der Waals surface area contributed by atoms with Gasteiger partial charge in [-0.25, -0.2) is 0 Å². The minimum atomic E-state index is -3.65. The monoisotopic (exact) mass is 293 g/mol. The van der Waals surface area contributed by atoms with Crippen molar-refractivity contribution in [3.63, 3.8) is 0 Å². The van der Waals surface area contributed by atoms with Crippen molar-refractivity contribution in [1.82, 2.24) is 0 Å². The van der Waals surface area contributed by atoms with Crippen LogP contribution in [0.2, 0.25) is 5.02 Å². The average molecular weight is 294 g/mol. The van der Waals surface area contributed by atoms with Crippen LogP contribution in [0.1, 0.15) is 11.1 Å². The maximum Gasteiger partial charge on any atom is 0.282 e. The summed E-state index contributed by atoms with van der Waals surface area (Å²) in [6, 6.07) is 13.3. The van der Waals surface area contributed by atoms with Crippen molar-refractivity contribution in [2.45, 2.75) is 11.8 Å². The van der Waals surface area contributed by atoms with E-state index in [0.29, 0.717) is 10.6 Å². The second-order valence-electron chi connectivity index (χ2n) is 4.07. The summed E-state index contributed by atoms with van der Waals surface area (Å²) in [4.78, 5) is 0.184. The van der Waals surface area contributed by atoms with E-state index in [4.69, 9.17) is 11.6 Å². The topological polar surface area (TPSA) is 46.5 Å². The van der Waals surface area contributed by atoms with Gasteiger partial charge in [-0.3, -0.25) is 0 Å². The van der Waals surface area contributed by atoms with E-state index < -0.39 is 10.0 Å². The lowest BCUT2D eigenvalue weighted by atomic mass is 10.2. The highest BCUT2D eigenvalue weighted by atomic mass is 35.5. The van der Waals surface area contributed by atoms with Crippen LogP contribution >= 0.6 is 11.6 Å². The first-order chi connectivity index (χ1) is 8.97. The summed E-state index contributed by atoms with van der Waals surface area (Å²) in [7, 11) is -3.65. The van der Waals surface area contributed by atoms with E-state index >= 15 is 0 Å². The first-order valence-corrected chi connectivity index (χ1v) is 7.42. The molecule has 0 bridgehead atoms. The molecule has 0 fully saturated rings. The van der Waals surface area contributed by atoms with Gasteiger partial charge in [0.15, 0.2) is 0 Å². The van der Waals surface area contributed by atoms with Gasteiger partial charge in [-0.1, -0.05) is 41.4 Å². The predicted octanol–water partition coefficient (Wildman–Crippen LogP) is 3.46. The SMILES string of the molecule is Cc1ccc(S(=O)(=O)/N=C/c2ccc(Cl)cc2)cc1. The molecule has 3 nitrogen and oxygen atoms in total. The van der Waals surface area contributed by atoms with Crippen LogP contribution in [0, 0.1) is 6.92 Å². The molecule has 0 atom stereocenters. The molecule has 0 radical (unpaired) electrons. The van der Waals surface area contributed by atoms with Crippen molar-refractivity contribution < 1.29 is 8.42 Å². The van der Waals surface area contributed by atoms with Crippen molar-refractivity contribution >= 4 is 27.8 Å². The van der Waals surface area contributed by atoms with Gasteiger partial charge in [0.25, 0.3) is 10.0 Å². The molecule has 2 aromatic carbocycles. The maximum atomic E-state index is 12.0. The molecule has 0 spiro atoms. The second-order valence-corrected chi connectivity index (χ2v) is 6.14. The molecule has 0 saturated heterocycles. The van der Waals surface area contributed by atoms with Crippen LogP contribution in [0.3, 0.4) is 0 Å². The van der Waals surface area contributed by atoms with Gasteiger partial charge in [-0.15, -0.1) is 0 Å². The minimum absolute atomic E-state index is 0.184. The second kappa shape index (κ2) is 5.55.